The van der Waals surface area contributed by atoms with E-state index in [0.717, 1.165) is 85.5 Å². The van der Waals surface area contributed by atoms with Crippen LogP contribution in [0.1, 0.15) is 111 Å². The Morgan fingerprint density at radius 3 is 1.75 bits per heavy atom. The summed E-state index contributed by atoms with van der Waals surface area (Å²) in [6, 6.07) is 11.0. The highest BCUT2D eigenvalue weighted by atomic mass is 16.6. The first-order valence-corrected chi connectivity index (χ1v) is 19.3. The first-order chi connectivity index (χ1) is 26.5. The molecule has 4 heterocycles. The number of rotatable bonds is 12. The van der Waals surface area contributed by atoms with Crippen molar-refractivity contribution in [1.82, 2.24) is 29.3 Å². The van der Waals surface area contributed by atoms with Crippen LogP contribution in [0, 0.1) is 0 Å². The summed E-state index contributed by atoms with van der Waals surface area (Å²) < 4.78 is 30.1. The third kappa shape index (κ3) is 11.1. The van der Waals surface area contributed by atoms with Gasteiger partial charge in [-0.25, -0.2) is 24.4 Å². The summed E-state index contributed by atoms with van der Waals surface area (Å²) in [6.45, 7) is 11.8. The van der Waals surface area contributed by atoms with Gasteiger partial charge in [-0.15, -0.1) is 0 Å². The van der Waals surface area contributed by atoms with Gasteiger partial charge in [0.25, 0.3) is 0 Å². The third-order valence-electron chi connectivity index (χ3n) is 9.96. The van der Waals surface area contributed by atoms with Crippen molar-refractivity contribution in [3.8, 4) is 0 Å². The molecule has 14 nitrogen and oxygen atoms in total. The van der Waals surface area contributed by atoms with Crippen molar-refractivity contribution in [1.29, 1.82) is 0 Å². The summed E-state index contributed by atoms with van der Waals surface area (Å²) in [5.41, 5.74) is 4.18. The van der Waals surface area contributed by atoms with Crippen LogP contribution in [-0.2, 0) is 36.8 Å². The maximum atomic E-state index is 12.6. The first-order valence-electron chi connectivity index (χ1n) is 19.3. The molecule has 0 saturated carbocycles. The zero-order chi connectivity index (χ0) is 39.5. The average molecular weight is 779 g/mol. The summed E-state index contributed by atoms with van der Waals surface area (Å²) in [5.74, 6) is 1.86. The minimum absolute atomic E-state index is 0. The summed E-state index contributed by atoms with van der Waals surface area (Å²) >= 11 is 0. The van der Waals surface area contributed by atoms with E-state index in [2.05, 4.69) is 14.5 Å². The Morgan fingerprint density at radius 1 is 0.768 bits per heavy atom. The fraction of sp³-hybridized carbons (Fsp3) is 0.595. The van der Waals surface area contributed by atoms with E-state index in [1.54, 1.807) is 31.3 Å². The van der Waals surface area contributed by atoms with Crippen LogP contribution in [0.5, 0.6) is 0 Å². The normalized spacial score (nSPS) is 17.2. The Labute approximate surface area is 331 Å². The van der Waals surface area contributed by atoms with Gasteiger partial charge in [-0.05, 0) is 102 Å². The van der Waals surface area contributed by atoms with E-state index in [1.807, 2.05) is 45.0 Å². The molecule has 56 heavy (non-hydrogen) atoms. The van der Waals surface area contributed by atoms with Crippen molar-refractivity contribution in [2.45, 2.75) is 97.2 Å². The van der Waals surface area contributed by atoms with Crippen molar-refractivity contribution in [2.24, 2.45) is 0 Å². The lowest BCUT2D eigenvalue weighted by Crippen LogP contribution is -2.42. The van der Waals surface area contributed by atoms with Crippen LogP contribution in [0.4, 0.5) is 4.79 Å². The van der Waals surface area contributed by atoms with Crippen molar-refractivity contribution in [3.63, 3.8) is 0 Å². The van der Waals surface area contributed by atoms with E-state index >= 15 is 0 Å². The third-order valence-corrected chi connectivity index (χ3v) is 9.96. The number of nitrogens with one attached hydrogen (secondary N) is 1. The molecule has 2 aromatic heterocycles. The number of likely N-dealkylation sites (tertiary alicyclic amines) is 1. The number of carbonyl (C=O) groups is 3. The number of hydrogen-bond donors (Lipinski definition) is 1. The molecule has 4 aromatic rings. The molecule has 2 saturated heterocycles. The smallest absolute Gasteiger partial charge is 0.410 e. The molecule has 0 spiro atoms. The fourth-order valence-electron chi connectivity index (χ4n) is 7.35. The fourth-order valence-corrected chi connectivity index (χ4v) is 7.35. The summed E-state index contributed by atoms with van der Waals surface area (Å²) in [5, 5.41) is 3.46. The Hall–Kier alpha value is -4.53. The number of aryl methyl sites for hydroxylation is 2. The lowest BCUT2D eigenvalue weighted by molar-refractivity contribution is 0.0194. The van der Waals surface area contributed by atoms with Crippen molar-refractivity contribution < 1.29 is 38.1 Å². The molecule has 308 valence electrons. The monoisotopic (exact) mass is 778 g/mol. The van der Waals surface area contributed by atoms with Gasteiger partial charge < -0.3 is 43.0 Å². The number of imidazole rings is 2. The van der Waals surface area contributed by atoms with Crippen LogP contribution < -0.4 is 5.32 Å². The molecule has 2 aliphatic rings. The zero-order valence-electron chi connectivity index (χ0n) is 33.5. The minimum Gasteiger partial charge on any atom is -0.465 e. The number of benzene rings is 2. The average Bonchev–Trinajstić information content (AvgIpc) is 3.75. The topological polar surface area (TPSA) is 148 Å². The van der Waals surface area contributed by atoms with Crippen LogP contribution in [0.2, 0.25) is 0 Å². The van der Waals surface area contributed by atoms with Crippen molar-refractivity contribution >= 4 is 40.1 Å². The molecule has 2 atom stereocenters. The van der Waals surface area contributed by atoms with E-state index in [4.69, 9.17) is 33.7 Å². The van der Waals surface area contributed by atoms with Gasteiger partial charge in [0.15, 0.2) is 0 Å². The van der Waals surface area contributed by atoms with Gasteiger partial charge in [-0.3, -0.25) is 0 Å². The molecule has 2 fully saturated rings. The molecule has 0 radical (unpaired) electrons. The molecule has 14 heteroatoms. The maximum Gasteiger partial charge on any atom is 0.410 e. The number of fused-ring (bicyclic) bond motifs is 2. The number of carbonyl (C=O) groups excluding carboxylic acids is 3. The van der Waals surface area contributed by atoms with E-state index in [0.29, 0.717) is 49.9 Å². The van der Waals surface area contributed by atoms with Crippen LogP contribution in [0.15, 0.2) is 36.4 Å². The number of piperidine rings is 2. The summed E-state index contributed by atoms with van der Waals surface area (Å²) in [7, 11) is 6.18. The highest BCUT2D eigenvalue weighted by Gasteiger charge is 2.31. The number of amides is 1. The number of ether oxygens (including phenoxy) is 5. The van der Waals surface area contributed by atoms with Crippen LogP contribution in [0.3, 0.4) is 0 Å². The molecular formula is C42H62N6O8. The Kier molecular flexibility index (Phi) is 16.2. The summed E-state index contributed by atoms with van der Waals surface area (Å²) in [4.78, 5) is 48.1. The molecule has 2 aliphatic heterocycles. The largest absolute Gasteiger partial charge is 0.465 e. The molecular weight excluding hydrogens is 716 g/mol. The number of methoxy groups -OCH3 is 4. The van der Waals surface area contributed by atoms with E-state index in [1.165, 1.54) is 20.6 Å². The number of nitrogens with zero attached hydrogens (tertiary/aromatic N) is 5. The van der Waals surface area contributed by atoms with Crippen molar-refractivity contribution in [2.75, 3.05) is 67.8 Å². The lowest BCUT2D eigenvalue weighted by Gasteiger charge is -2.34. The SMILES string of the molecule is C.COCCCn1c(C2CCCN(C(=O)OC(C)(C)C)C2)nc2ccc(C(=O)OC)cc21.COCCCn1c(C2CCCNC2)nc2ccc(C(=O)OC)cc21. The maximum absolute atomic E-state index is 12.6. The first kappa shape index (κ1) is 44.2. The highest BCUT2D eigenvalue weighted by Crippen LogP contribution is 2.32. The molecule has 6 rings (SSSR count). The van der Waals surface area contributed by atoms with Crippen LogP contribution in [0.25, 0.3) is 22.1 Å². The number of esters is 2. The molecule has 1 amide bonds. The summed E-state index contributed by atoms with van der Waals surface area (Å²) in [6.07, 6.45) is 5.59. The predicted molar refractivity (Wildman–Crippen MR) is 216 cm³/mol. The number of aromatic nitrogens is 4. The number of hydrogen-bond acceptors (Lipinski definition) is 11. The van der Waals surface area contributed by atoms with Gasteiger partial charge in [0.1, 0.15) is 17.2 Å². The van der Waals surface area contributed by atoms with Gasteiger partial charge in [-0.2, -0.15) is 0 Å². The van der Waals surface area contributed by atoms with Crippen molar-refractivity contribution in [3.05, 3.63) is 59.2 Å². The Bertz CT molecular complexity index is 1910. The second-order valence-corrected chi connectivity index (χ2v) is 15.1. The van der Waals surface area contributed by atoms with Gasteiger partial charge in [-0.1, -0.05) is 7.43 Å². The molecule has 0 bridgehead atoms. The molecule has 1 N–H and O–H groups in total. The molecule has 0 aliphatic carbocycles. The van der Waals surface area contributed by atoms with E-state index in [9.17, 15) is 14.4 Å². The highest BCUT2D eigenvalue weighted by molar-refractivity contribution is 5.94. The Balaban J connectivity index is 0.000000252. The van der Waals surface area contributed by atoms with E-state index < -0.39 is 5.60 Å². The van der Waals surface area contributed by atoms with E-state index in [-0.39, 0.29) is 31.4 Å². The van der Waals surface area contributed by atoms with Gasteiger partial charge in [0.05, 0.1) is 47.4 Å². The standard InChI is InChI=1S/C23H33N3O5.C18H25N3O3.CH4/c1-23(2,3)31-22(28)25-11-6-8-17(15-25)20-24-18-10-9-16(21(27)30-5)14-19(18)26(20)12-7-13-29-4;1-23-10-4-9-21-16-11-13(18(22)24-2)6-7-15(16)20-17(21)14-5-3-8-19-12-14;/h9-10,14,17H,6-8,11-13,15H2,1-5H3;6-7,11,14,19H,3-5,8-10,12H2,1-2H3;1H4. The van der Waals surface area contributed by atoms with Crippen LogP contribution >= 0.6 is 0 Å². The van der Waals surface area contributed by atoms with Crippen LogP contribution in [-0.4, -0.2) is 115 Å². The van der Waals surface area contributed by atoms with Gasteiger partial charge in [0.2, 0.25) is 0 Å². The Morgan fingerprint density at radius 2 is 1.29 bits per heavy atom. The molecule has 2 aromatic carbocycles. The second kappa shape index (κ2) is 20.6. The quantitative estimate of drug-likeness (QED) is 0.0907. The zero-order valence-corrected chi connectivity index (χ0v) is 33.5. The second-order valence-electron chi connectivity index (χ2n) is 15.1. The minimum atomic E-state index is -0.526. The molecule has 2 unspecified atom stereocenters. The van der Waals surface area contributed by atoms with Gasteiger partial charge >= 0.3 is 18.0 Å². The lowest BCUT2D eigenvalue weighted by atomic mass is 9.97. The predicted octanol–water partition coefficient (Wildman–Crippen LogP) is 6.94. The van der Waals surface area contributed by atoms with Gasteiger partial charge in [0, 0.05) is 72.0 Å².